The first-order valence-corrected chi connectivity index (χ1v) is 5.22. The van der Waals surface area contributed by atoms with Gasteiger partial charge < -0.3 is 10.1 Å². The summed E-state index contributed by atoms with van der Waals surface area (Å²) in [7, 11) is 0. The van der Waals surface area contributed by atoms with Crippen LogP contribution >= 0.6 is 24.0 Å². The molecule has 15 heavy (non-hydrogen) atoms. The lowest BCUT2D eigenvalue weighted by molar-refractivity contribution is 0.0769. The molecule has 1 aliphatic rings. The molecule has 1 fully saturated rings. The molecule has 1 aromatic rings. The third-order valence-electron chi connectivity index (χ3n) is 2.51. The Morgan fingerprint density at radius 1 is 1.47 bits per heavy atom. The molecule has 0 saturated carbocycles. The van der Waals surface area contributed by atoms with Crippen LogP contribution < -0.4 is 5.32 Å². The Balaban J connectivity index is 0.00000112. The van der Waals surface area contributed by atoms with Crippen LogP contribution in [0.15, 0.2) is 18.2 Å². The van der Waals surface area contributed by atoms with Gasteiger partial charge in [-0.15, -0.1) is 12.4 Å². The van der Waals surface area contributed by atoms with Crippen LogP contribution in [0.2, 0.25) is 5.02 Å². The van der Waals surface area contributed by atoms with E-state index in [-0.39, 0.29) is 12.4 Å². The van der Waals surface area contributed by atoms with Crippen LogP contribution in [-0.4, -0.2) is 19.8 Å². The summed E-state index contributed by atoms with van der Waals surface area (Å²) in [6.45, 7) is 4.51. The predicted molar refractivity (Wildman–Crippen MR) is 65.0 cm³/mol. The van der Waals surface area contributed by atoms with Gasteiger partial charge in [-0.05, 0) is 24.1 Å². The van der Waals surface area contributed by atoms with Gasteiger partial charge in [0.05, 0.1) is 19.3 Å². The average molecular weight is 248 g/mol. The maximum Gasteiger partial charge on any atom is 0.0662 e. The number of hydrogen-bond donors (Lipinski definition) is 1. The van der Waals surface area contributed by atoms with E-state index in [2.05, 4.69) is 17.4 Å². The average Bonchev–Trinajstić information content (AvgIpc) is 2.23. The summed E-state index contributed by atoms with van der Waals surface area (Å²) in [6, 6.07) is 6.44. The van der Waals surface area contributed by atoms with E-state index in [4.69, 9.17) is 16.3 Å². The fourth-order valence-electron chi connectivity index (χ4n) is 1.66. The van der Waals surface area contributed by atoms with Gasteiger partial charge in [0.1, 0.15) is 0 Å². The molecule has 0 unspecified atom stereocenters. The second-order valence-corrected chi connectivity index (χ2v) is 4.00. The van der Waals surface area contributed by atoms with E-state index in [1.165, 1.54) is 5.56 Å². The van der Waals surface area contributed by atoms with Gasteiger partial charge in [0.25, 0.3) is 0 Å². The number of rotatable bonds is 1. The first kappa shape index (κ1) is 12.8. The normalized spacial score (nSPS) is 20.8. The highest BCUT2D eigenvalue weighted by Gasteiger charge is 2.15. The molecule has 0 amide bonds. The number of morpholine rings is 1. The SMILES string of the molecule is Cc1cc([C@@H]2COCCN2)ccc1Cl.Cl. The zero-order chi connectivity index (χ0) is 9.97. The van der Waals surface area contributed by atoms with E-state index in [1.54, 1.807) is 0 Å². The van der Waals surface area contributed by atoms with Crippen LogP contribution in [0.1, 0.15) is 17.2 Å². The second kappa shape index (κ2) is 5.71. The first-order chi connectivity index (χ1) is 6.77. The first-order valence-electron chi connectivity index (χ1n) is 4.84. The Hall–Kier alpha value is -0.280. The molecular formula is C11H15Cl2NO. The lowest BCUT2D eigenvalue weighted by Crippen LogP contribution is -2.34. The van der Waals surface area contributed by atoms with E-state index in [0.29, 0.717) is 6.04 Å². The fraction of sp³-hybridized carbons (Fsp3) is 0.455. The van der Waals surface area contributed by atoms with E-state index < -0.39 is 0 Å². The summed E-state index contributed by atoms with van der Waals surface area (Å²) in [4.78, 5) is 0. The van der Waals surface area contributed by atoms with Crippen molar-refractivity contribution in [3.05, 3.63) is 34.3 Å². The van der Waals surface area contributed by atoms with Gasteiger partial charge in [0.15, 0.2) is 0 Å². The van der Waals surface area contributed by atoms with Gasteiger partial charge in [0.2, 0.25) is 0 Å². The summed E-state index contributed by atoms with van der Waals surface area (Å²) >= 11 is 5.97. The number of ether oxygens (including phenoxy) is 1. The molecule has 0 spiro atoms. The van der Waals surface area contributed by atoms with Crippen LogP contribution in [0.3, 0.4) is 0 Å². The highest BCUT2D eigenvalue weighted by atomic mass is 35.5. The van der Waals surface area contributed by atoms with Crippen molar-refractivity contribution in [2.75, 3.05) is 19.8 Å². The van der Waals surface area contributed by atoms with E-state index in [0.717, 1.165) is 30.3 Å². The van der Waals surface area contributed by atoms with E-state index >= 15 is 0 Å². The Morgan fingerprint density at radius 3 is 2.87 bits per heavy atom. The molecule has 1 N–H and O–H groups in total. The molecule has 0 aliphatic carbocycles. The van der Waals surface area contributed by atoms with Crippen molar-refractivity contribution in [2.24, 2.45) is 0 Å². The fourth-order valence-corrected chi connectivity index (χ4v) is 1.78. The Kier molecular flexibility index (Phi) is 4.87. The van der Waals surface area contributed by atoms with Crippen LogP contribution in [0, 0.1) is 6.92 Å². The zero-order valence-electron chi connectivity index (χ0n) is 8.63. The highest BCUT2D eigenvalue weighted by Crippen LogP contribution is 2.21. The molecule has 1 heterocycles. The number of halogens is 2. The van der Waals surface area contributed by atoms with Crippen molar-refractivity contribution in [3.63, 3.8) is 0 Å². The Bertz CT molecular complexity index is 324. The van der Waals surface area contributed by atoms with E-state index in [1.807, 2.05) is 13.0 Å². The van der Waals surface area contributed by atoms with Crippen molar-refractivity contribution in [2.45, 2.75) is 13.0 Å². The molecule has 1 aromatic carbocycles. The third kappa shape index (κ3) is 3.08. The molecule has 0 bridgehead atoms. The van der Waals surface area contributed by atoms with Crippen LogP contribution in [0.4, 0.5) is 0 Å². The number of hydrogen-bond acceptors (Lipinski definition) is 2. The number of benzene rings is 1. The lowest BCUT2D eigenvalue weighted by atomic mass is 10.0. The molecule has 1 aliphatic heterocycles. The molecule has 0 radical (unpaired) electrons. The van der Waals surface area contributed by atoms with Crippen LogP contribution in [0.5, 0.6) is 0 Å². The molecule has 2 nitrogen and oxygen atoms in total. The van der Waals surface area contributed by atoms with Crippen LogP contribution in [-0.2, 0) is 4.74 Å². The highest BCUT2D eigenvalue weighted by molar-refractivity contribution is 6.31. The topological polar surface area (TPSA) is 21.3 Å². The maximum absolute atomic E-state index is 5.97. The minimum absolute atomic E-state index is 0. The van der Waals surface area contributed by atoms with Gasteiger partial charge in [-0.25, -0.2) is 0 Å². The molecular weight excluding hydrogens is 233 g/mol. The second-order valence-electron chi connectivity index (χ2n) is 3.59. The largest absolute Gasteiger partial charge is 0.378 e. The predicted octanol–water partition coefficient (Wildman–Crippen LogP) is 2.73. The Morgan fingerprint density at radius 2 is 2.27 bits per heavy atom. The molecule has 1 atom stereocenters. The van der Waals surface area contributed by atoms with Crippen molar-refractivity contribution in [1.82, 2.24) is 5.32 Å². The smallest absolute Gasteiger partial charge is 0.0662 e. The van der Waals surface area contributed by atoms with Gasteiger partial charge in [-0.2, -0.15) is 0 Å². The van der Waals surface area contributed by atoms with Crippen molar-refractivity contribution in [3.8, 4) is 0 Å². The quantitative estimate of drug-likeness (QED) is 0.825. The van der Waals surface area contributed by atoms with E-state index in [9.17, 15) is 0 Å². The minimum Gasteiger partial charge on any atom is -0.378 e. The maximum atomic E-state index is 5.97. The molecule has 4 heteroatoms. The molecule has 0 aromatic heterocycles. The number of aryl methyl sites for hydroxylation is 1. The minimum atomic E-state index is 0. The lowest BCUT2D eigenvalue weighted by Gasteiger charge is -2.24. The standard InChI is InChI=1S/C11H14ClNO.ClH/c1-8-6-9(2-3-10(8)12)11-7-14-5-4-13-11;/h2-3,6,11,13H,4-5,7H2,1H3;1H/t11-;/m0./s1. The number of nitrogens with one attached hydrogen (secondary N) is 1. The molecule has 1 saturated heterocycles. The van der Waals surface area contributed by atoms with Crippen LogP contribution in [0.25, 0.3) is 0 Å². The summed E-state index contributed by atoms with van der Waals surface area (Å²) in [5, 5.41) is 4.24. The monoisotopic (exact) mass is 247 g/mol. The Labute approximate surface area is 101 Å². The summed E-state index contributed by atoms with van der Waals surface area (Å²) < 4.78 is 5.41. The van der Waals surface area contributed by atoms with Gasteiger partial charge >= 0.3 is 0 Å². The summed E-state index contributed by atoms with van der Waals surface area (Å²) in [5.74, 6) is 0. The third-order valence-corrected chi connectivity index (χ3v) is 2.93. The molecule has 2 rings (SSSR count). The van der Waals surface area contributed by atoms with Crippen molar-refractivity contribution in [1.29, 1.82) is 0 Å². The van der Waals surface area contributed by atoms with Gasteiger partial charge in [-0.1, -0.05) is 23.7 Å². The van der Waals surface area contributed by atoms with Crippen molar-refractivity contribution >= 4 is 24.0 Å². The molecule has 84 valence electrons. The summed E-state index contributed by atoms with van der Waals surface area (Å²) in [5.41, 5.74) is 2.38. The zero-order valence-corrected chi connectivity index (χ0v) is 10.2. The summed E-state index contributed by atoms with van der Waals surface area (Å²) in [6.07, 6.45) is 0. The van der Waals surface area contributed by atoms with Gasteiger partial charge in [0, 0.05) is 11.6 Å². The van der Waals surface area contributed by atoms with Crippen molar-refractivity contribution < 1.29 is 4.74 Å². The van der Waals surface area contributed by atoms with Gasteiger partial charge in [-0.3, -0.25) is 0 Å².